The summed E-state index contributed by atoms with van der Waals surface area (Å²) in [6, 6.07) is 7.39. The number of benzene rings is 1. The zero-order valence-corrected chi connectivity index (χ0v) is 15.6. The lowest BCUT2D eigenvalue weighted by Crippen LogP contribution is -2.47. The summed E-state index contributed by atoms with van der Waals surface area (Å²) in [5.41, 5.74) is 0.827. The molecule has 1 aliphatic carbocycles. The Labute approximate surface area is 150 Å². The van der Waals surface area contributed by atoms with Crippen molar-refractivity contribution in [3.05, 3.63) is 29.8 Å². The van der Waals surface area contributed by atoms with Crippen molar-refractivity contribution in [3.63, 3.8) is 0 Å². The van der Waals surface area contributed by atoms with Gasteiger partial charge in [-0.25, -0.2) is 0 Å². The number of carbonyl (C=O) groups is 2. The van der Waals surface area contributed by atoms with Gasteiger partial charge in [0, 0.05) is 6.04 Å². The van der Waals surface area contributed by atoms with Gasteiger partial charge in [0.2, 0.25) is 0 Å². The van der Waals surface area contributed by atoms with Crippen LogP contribution in [0, 0.1) is 11.8 Å². The first-order valence-corrected chi connectivity index (χ1v) is 9.03. The monoisotopic (exact) mass is 347 g/mol. The van der Waals surface area contributed by atoms with E-state index in [-0.39, 0.29) is 18.4 Å². The van der Waals surface area contributed by atoms with Gasteiger partial charge in [-0.1, -0.05) is 38.8 Å². The molecule has 0 spiro atoms. The molecule has 5 nitrogen and oxygen atoms in total. The normalized spacial score (nSPS) is 24.2. The summed E-state index contributed by atoms with van der Waals surface area (Å²) >= 11 is 0. The molecule has 1 aromatic rings. The molecule has 0 radical (unpaired) electrons. The third kappa shape index (κ3) is 5.48. The number of rotatable bonds is 6. The highest BCUT2D eigenvalue weighted by atomic mass is 16.5. The number of hydrogen-bond donors (Lipinski definition) is 1. The second kappa shape index (κ2) is 8.88. The Morgan fingerprint density at radius 2 is 1.88 bits per heavy atom. The molecule has 2 rings (SSSR count). The molecule has 0 aliphatic heterocycles. The van der Waals surface area contributed by atoms with Gasteiger partial charge in [0.05, 0.1) is 13.5 Å². The van der Waals surface area contributed by atoms with E-state index in [9.17, 15) is 9.59 Å². The van der Waals surface area contributed by atoms with Gasteiger partial charge in [0.15, 0.2) is 6.10 Å². The smallest absolute Gasteiger partial charge is 0.311 e. The van der Waals surface area contributed by atoms with Crippen molar-refractivity contribution < 1.29 is 19.1 Å². The summed E-state index contributed by atoms with van der Waals surface area (Å²) in [6.45, 7) is 6.02. The molecule has 25 heavy (non-hydrogen) atoms. The quantitative estimate of drug-likeness (QED) is 0.803. The average molecular weight is 347 g/mol. The molecule has 1 N–H and O–H groups in total. The third-order valence-corrected chi connectivity index (χ3v) is 5.22. The van der Waals surface area contributed by atoms with Crippen LogP contribution in [0.5, 0.6) is 5.75 Å². The lowest BCUT2D eigenvalue weighted by molar-refractivity contribution is -0.154. The van der Waals surface area contributed by atoms with E-state index in [1.807, 2.05) is 12.1 Å². The largest absolute Gasteiger partial charge is 0.497 e. The molecule has 0 aromatic heterocycles. The fourth-order valence-electron chi connectivity index (χ4n) is 3.29. The van der Waals surface area contributed by atoms with Crippen LogP contribution in [0.2, 0.25) is 0 Å². The summed E-state index contributed by atoms with van der Waals surface area (Å²) in [5.74, 6) is 1.17. The van der Waals surface area contributed by atoms with Gasteiger partial charge >= 0.3 is 5.97 Å². The van der Waals surface area contributed by atoms with Crippen molar-refractivity contribution in [2.75, 3.05) is 7.11 Å². The molecular weight excluding hydrogens is 318 g/mol. The van der Waals surface area contributed by atoms with Crippen molar-refractivity contribution in [2.24, 2.45) is 11.8 Å². The maximum absolute atomic E-state index is 12.3. The van der Waals surface area contributed by atoms with Crippen molar-refractivity contribution in [1.29, 1.82) is 0 Å². The molecule has 0 heterocycles. The number of amides is 1. The molecule has 4 atom stereocenters. The van der Waals surface area contributed by atoms with Gasteiger partial charge in [-0.05, 0) is 42.9 Å². The fourth-order valence-corrected chi connectivity index (χ4v) is 3.29. The maximum Gasteiger partial charge on any atom is 0.311 e. The molecule has 1 fully saturated rings. The predicted molar refractivity (Wildman–Crippen MR) is 96.4 cm³/mol. The van der Waals surface area contributed by atoms with E-state index in [1.54, 1.807) is 26.2 Å². The third-order valence-electron chi connectivity index (χ3n) is 5.22. The minimum atomic E-state index is -0.782. The molecule has 1 aromatic carbocycles. The van der Waals surface area contributed by atoms with E-state index >= 15 is 0 Å². The van der Waals surface area contributed by atoms with Gasteiger partial charge in [-0.2, -0.15) is 0 Å². The lowest BCUT2D eigenvalue weighted by Gasteiger charge is -2.35. The highest BCUT2D eigenvalue weighted by Gasteiger charge is 2.30. The summed E-state index contributed by atoms with van der Waals surface area (Å²) in [5, 5.41) is 3.05. The molecule has 138 valence electrons. The van der Waals surface area contributed by atoms with Gasteiger partial charge in [0.25, 0.3) is 5.91 Å². The van der Waals surface area contributed by atoms with Crippen molar-refractivity contribution in [3.8, 4) is 5.75 Å². The van der Waals surface area contributed by atoms with Crippen molar-refractivity contribution in [1.82, 2.24) is 5.32 Å². The van der Waals surface area contributed by atoms with Crippen LogP contribution in [-0.2, 0) is 20.7 Å². The van der Waals surface area contributed by atoms with Gasteiger partial charge in [-0.15, -0.1) is 0 Å². The fraction of sp³-hybridized carbons (Fsp3) is 0.600. The first-order chi connectivity index (χ1) is 11.9. The summed E-state index contributed by atoms with van der Waals surface area (Å²) in [7, 11) is 1.59. The Kier molecular flexibility index (Phi) is 6.85. The minimum Gasteiger partial charge on any atom is -0.497 e. The molecule has 1 aliphatic rings. The van der Waals surface area contributed by atoms with E-state index in [0.717, 1.165) is 24.2 Å². The van der Waals surface area contributed by atoms with Crippen LogP contribution < -0.4 is 10.1 Å². The standard InChI is InChI=1S/C20H29NO4/c1-13-6-5-7-18(14(13)2)21-20(23)15(3)25-19(22)12-16-8-10-17(24-4)11-9-16/h8-11,13-15,18H,5-7,12H2,1-4H3,(H,21,23)/t13-,14-,15-,18+/m1/s1. The van der Waals surface area contributed by atoms with E-state index in [2.05, 4.69) is 19.2 Å². The van der Waals surface area contributed by atoms with Crippen LogP contribution >= 0.6 is 0 Å². The molecule has 0 bridgehead atoms. The maximum atomic E-state index is 12.3. The first-order valence-electron chi connectivity index (χ1n) is 9.03. The topological polar surface area (TPSA) is 64.6 Å². The highest BCUT2D eigenvalue weighted by Crippen LogP contribution is 2.29. The summed E-state index contributed by atoms with van der Waals surface area (Å²) in [4.78, 5) is 24.4. The predicted octanol–water partition coefficient (Wildman–Crippen LogP) is 3.11. The Bertz CT molecular complexity index is 584. The minimum absolute atomic E-state index is 0.137. The zero-order valence-electron chi connectivity index (χ0n) is 15.6. The van der Waals surface area contributed by atoms with E-state index in [4.69, 9.17) is 9.47 Å². The molecule has 5 heteroatoms. The molecule has 1 amide bonds. The van der Waals surface area contributed by atoms with E-state index in [0.29, 0.717) is 11.8 Å². The lowest BCUT2D eigenvalue weighted by atomic mass is 9.78. The summed E-state index contributed by atoms with van der Waals surface area (Å²) in [6.07, 6.45) is 2.68. The SMILES string of the molecule is COc1ccc(CC(=O)O[C@H](C)C(=O)N[C@H]2CCC[C@@H](C)[C@H]2C)cc1. The Balaban J connectivity index is 1.82. The average Bonchev–Trinajstić information content (AvgIpc) is 2.59. The van der Waals surface area contributed by atoms with Crippen molar-refractivity contribution in [2.45, 2.75) is 58.6 Å². The zero-order chi connectivity index (χ0) is 18.4. The number of methoxy groups -OCH3 is 1. The van der Waals surface area contributed by atoms with Gasteiger partial charge in [0.1, 0.15) is 5.75 Å². The Morgan fingerprint density at radius 1 is 1.20 bits per heavy atom. The number of nitrogens with one attached hydrogen (secondary N) is 1. The van der Waals surface area contributed by atoms with E-state index in [1.165, 1.54) is 6.42 Å². The first kappa shape index (κ1) is 19.3. The number of carbonyl (C=O) groups excluding carboxylic acids is 2. The number of hydrogen-bond acceptors (Lipinski definition) is 4. The molecular formula is C20H29NO4. The van der Waals surface area contributed by atoms with Crippen LogP contribution in [0.25, 0.3) is 0 Å². The van der Waals surface area contributed by atoms with Crippen LogP contribution in [0.15, 0.2) is 24.3 Å². The molecule has 0 unspecified atom stereocenters. The second-order valence-corrected chi connectivity index (χ2v) is 7.04. The highest BCUT2D eigenvalue weighted by molar-refractivity contribution is 5.84. The van der Waals surface area contributed by atoms with Gasteiger partial charge < -0.3 is 14.8 Å². The second-order valence-electron chi connectivity index (χ2n) is 7.04. The molecule has 0 saturated heterocycles. The number of ether oxygens (including phenoxy) is 2. The van der Waals surface area contributed by atoms with Gasteiger partial charge in [-0.3, -0.25) is 9.59 Å². The molecule has 1 saturated carbocycles. The Hall–Kier alpha value is -2.04. The summed E-state index contributed by atoms with van der Waals surface area (Å²) < 4.78 is 10.4. The van der Waals surface area contributed by atoms with Crippen LogP contribution in [-0.4, -0.2) is 31.1 Å². The van der Waals surface area contributed by atoms with E-state index < -0.39 is 12.1 Å². The van der Waals surface area contributed by atoms with Crippen LogP contribution in [0.1, 0.15) is 45.6 Å². The van der Waals surface area contributed by atoms with Crippen LogP contribution in [0.3, 0.4) is 0 Å². The number of esters is 1. The Morgan fingerprint density at radius 3 is 2.52 bits per heavy atom. The van der Waals surface area contributed by atoms with Crippen LogP contribution in [0.4, 0.5) is 0 Å². The van der Waals surface area contributed by atoms with Crippen molar-refractivity contribution >= 4 is 11.9 Å².